The lowest BCUT2D eigenvalue weighted by molar-refractivity contribution is 0.0337. The highest BCUT2D eigenvalue weighted by Crippen LogP contribution is 2.14. The first-order valence-corrected chi connectivity index (χ1v) is 7.17. The number of aliphatic hydroxyl groups excluding tert-OH is 2. The third kappa shape index (κ3) is 4.76. The molecule has 1 unspecified atom stereocenters. The maximum absolute atomic E-state index is 10.0. The van der Waals surface area contributed by atoms with Crippen LogP contribution in [0.25, 0.3) is 0 Å². The van der Waals surface area contributed by atoms with Gasteiger partial charge in [0, 0.05) is 26.2 Å². The van der Waals surface area contributed by atoms with Crippen molar-refractivity contribution < 1.29 is 14.9 Å². The lowest BCUT2D eigenvalue weighted by Crippen LogP contribution is -2.41. The zero-order chi connectivity index (χ0) is 14.4. The molecule has 0 amide bonds. The Morgan fingerprint density at radius 3 is 2.80 bits per heavy atom. The van der Waals surface area contributed by atoms with Crippen molar-refractivity contribution in [3.63, 3.8) is 0 Å². The van der Waals surface area contributed by atoms with Gasteiger partial charge in [-0.05, 0) is 30.5 Å². The third-order valence-electron chi connectivity index (χ3n) is 3.60. The smallest absolute Gasteiger partial charge is 0.119 e. The lowest BCUT2D eigenvalue weighted by atomic mass is 10.1. The van der Waals surface area contributed by atoms with Crippen LogP contribution in [0.5, 0.6) is 5.75 Å². The molecule has 1 fully saturated rings. The minimum Gasteiger partial charge on any atom is -0.491 e. The molecule has 4 N–H and O–H groups in total. The van der Waals surface area contributed by atoms with Gasteiger partial charge in [-0.2, -0.15) is 0 Å². The molecule has 0 aromatic heterocycles. The molecule has 20 heavy (non-hydrogen) atoms. The second kappa shape index (κ2) is 7.59. The zero-order valence-electron chi connectivity index (χ0n) is 11.7. The van der Waals surface area contributed by atoms with Gasteiger partial charge in [0.15, 0.2) is 0 Å². The molecule has 1 aromatic carbocycles. The summed E-state index contributed by atoms with van der Waals surface area (Å²) in [4.78, 5) is 2.16. The molecule has 1 aliphatic rings. The lowest BCUT2D eigenvalue weighted by Gasteiger charge is -2.30. The Morgan fingerprint density at radius 1 is 1.35 bits per heavy atom. The second-order valence-electron chi connectivity index (χ2n) is 5.35. The number of ether oxygens (including phenoxy) is 1. The molecule has 1 saturated heterocycles. The van der Waals surface area contributed by atoms with Crippen LogP contribution in [-0.4, -0.2) is 53.6 Å². The highest BCUT2D eigenvalue weighted by Gasteiger charge is 2.19. The van der Waals surface area contributed by atoms with Gasteiger partial charge in [-0.3, -0.25) is 0 Å². The monoisotopic (exact) mass is 280 g/mol. The quantitative estimate of drug-likeness (QED) is 0.700. The number of hydrogen-bond donors (Lipinski definition) is 3. The fraction of sp³-hybridized carbons (Fsp3) is 0.600. The van der Waals surface area contributed by atoms with E-state index in [4.69, 9.17) is 10.5 Å². The van der Waals surface area contributed by atoms with E-state index >= 15 is 0 Å². The zero-order valence-corrected chi connectivity index (χ0v) is 11.7. The Balaban J connectivity index is 1.73. The summed E-state index contributed by atoms with van der Waals surface area (Å²) in [6.45, 7) is 3.01. The average molecular weight is 280 g/mol. The molecule has 112 valence electrons. The number of nitrogens with two attached hydrogens (primary N) is 1. The van der Waals surface area contributed by atoms with Crippen molar-refractivity contribution in [2.75, 3.05) is 26.2 Å². The summed E-state index contributed by atoms with van der Waals surface area (Å²) in [5.41, 5.74) is 6.59. The van der Waals surface area contributed by atoms with E-state index in [0.717, 1.165) is 37.2 Å². The van der Waals surface area contributed by atoms with E-state index in [9.17, 15) is 10.2 Å². The molecule has 0 saturated carbocycles. The maximum atomic E-state index is 10.0. The maximum Gasteiger partial charge on any atom is 0.119 e. The summed E-state index contributed by atoms with van der Waals surface area (Å²) >= 11 is 0. The molecule has 0 aliphatic carbocycles. The van der Waals surface area contributed by atoms with E-state index < -0.39 is 6.10 Å². The van der Waals surface area contributed by atoms with Crippen LogP contribution >= 0.6 is 0 Å². The van der Waals surface area contributed by atoms with Crippen LogP contribution in [0.3, 0.4) is 0 Å². The van der Waals surface area contributed by atoms with Crippen LogP contribution in [0.1, 0.15) is 18.4 Å². The fourth-order valence-corrected chi connectivity index (χ4v) is 2.41. The van der Waals surface area contributed by atoms with E-state index in [0.29, 0.717) is 13.1 Å². The molecule has 1 aliphatic heterocycles. The first-order chi connectivity index (χ1) is 9.67. The highest BCUT2D eigenvalue weighted by atomic mass is 16.5. The van der Waals surface area contributed by atoms with E-state index in [1.807, 2.05) is 24.3 Å². The minimum absolute atomic E-state index is 0.182. The van der Waals surface area contributed by atoms with Gasteiger partial charge in [0.25, 0.3) is 0 Å². The summed E-state index contributed by atoms with van der Waals surface area (Å²) in [5, 5.41) is 19.4. The predicted octanol–water partition coefficient (Wildman–Crippen LogP) is 0.342. The van der Waals surface area contributed by atoms with Crippen LogP contribution in [0, 0.1) is 0 Å². The van der Waals surface area contributed by atoms with Crippen molar-refractivity contribution in [1.82, 2.24) is 4.90 Å². The predicted molar refractivity (Wildman–Crippen MR) is 77.5 cm³/mol. The number of hydrogen-bond acceptors (Lipinski definition) is 5. The molecule has 0 bridgehead atoms. The van der Waals surface area contributed by atoms with E-state index in [1.165, 1.54) is 0 Å². The molecule has 0 radical (unpaired) electrons. The number of piperidine rings is 1. The van der Waals surface area contributed by atoms with Crippen molar-refractivity contribution in [3.8, 4) is 5.75 Å². The molecular weight excluding hydrogens is 256 g/mol. The van der Waals surface area contributed by atoms with Crippen LogP contribution < -0.4 is 10.5 Å². The second-order valence-corrected chi connectivity index (χ2v) is 5.35. The van der Waals surface area contributed by atoms with Crippen LogP contribution in [0.2, 0.25) is 0 Å². The number of likely N-dealkylation sites (tertiary alicyclic amines) is 1. The van der Waals surface area contributed by atoms with Crippen molar-refractivity contribution in [2.24, 2.45) is 5.73 Å². The van der Waals surface area contributed by atoms with Crippen LogP contribution in [0.4, 0.5) is 0 Å². The van der Waals surface area contributed by atoms with Crippen molar-refractivity contribution in [1.29, 1.82) is 0 Å². The normalized spacial score (nSPS) is 18.9. The topological polar surface area (TPSA) is 79.0 Å². The molecule has 1 heterocycles. The number of aliphatic hydroxyl groups is 2. The number of nitrogens with zero attached hydrogens (tertiary/aromatic N) is 1. The molecule has 0 spiro atoms. The van der Waals surface area contributed by atoms with Crippen LogP contribution in [-0.2, 0) is 6.54 Å². The molecular formula is C15H24N2O3. The SMILES string of the molecule is NCc1cccc(OCC(O)CN2CCC(O)CC2)c1. The Labute approximate surface area is 120 Å². The van der Waals surface area contributed by atoms with Crippen molar-refractivity contribution in [3.05, 3.63) is 29.8 Å². The third-order valence-corrected chi connectivity index (χ3v) is 3.60. The Kier molecular flexibility index (Phi) is 5.79. The van der Waals surface area contributed by atoms with Gasteiger partial charge in [0.05, 0.1) is 6.10 Å². The average Bonchev–Trinajstić information content (AvgIpc) is 2.48. The summed E-state index contributed by atoms with van der Waals surface area (Å²) in [5.74, 6) is 0.737. The van der Waals surface area contributed by atoms with Crippen molar-refractivity contribution >= 4 is 0 Å². The summed E-state index contributed by atoms with van der Waals surface area (Å²) < 4.78 is 5.59. The molecule has 1 aromatic rings. The van der Waals surface area contributed by atoms with Crippen molar-refractivity contribution in [2.45, 2.75) is 31.6 Å². The molecule has 2 rings (SSSR count). The summed E-state index contributed by atoms with van der Waals surface area (Å²) in [7, 11) is 0. The van der Waals surface area contributed by atoms with Gasteiger partial charge in [0.1, 0.15) is 18.5 Å². The molecule has 5 nitrogen and oxygen atoms in total. The summed E-state index contributed by atoms with van der Waals surface area (Å²) in [6.07, 6.45) is 0.864. The standard InChI is InChI=1S/C15H24N2O3/c16-9-12-2-1-3-15(8-12)20-11-14(19)10-17-6-4-13(18)5-7-17/h1-3,8,13-14,18-19H,4-7,9-11,16H2. The van der Waals surface area contributed by atoms with Gasteiger partial charge in [0.2, 0.25) is 0 Å². The Bertz CT molecular complexity index is 406. The Hall–Kier alpha value is -1.14. The first-order valence-electron chi connectivity index (χ1n) is 7.17. The van der Waals surface area contributed by atoms with Gasteiger partial charge in [-0.25, -0.2) is 0 Å². The molecule has 5 heteroatoms. The first kappa shape index (κ1) is 15.3. The Morgan fingerprint density at radius 2 is 2.10 bits per heavy atom. The fourth-order valence-electron chi connectivity index (χ4n) is 2.41. The van der Waals surface area contributed by atoms with Gasteiger partial charge < -0.3 is 25.6 Å². The van der Waals surface area contributed by atoms with E-state index in [-0.39, 0.29) is 12.7 Å². The van der Waals surface area contributed by atoms with E-state index in [1.54, 1.807) is 0 Å². The number of β-amino-alcohol motifs (C(OH)–C–C–N with tert-alkyl or cyclic N) is 1. The summed E-state index contributed by atoms with van der Waals surface area (Å²) in [6, 6.07) is 7.60. The van der Waals surface area contributed by atoms with E-state index in [2.05, 4.69) is 4.90 Å². The van der Waals surface area contributed by atoms with Gasteiger partial charge in [-0.1, -0.05) is 12.1 Å². The van der Waals surface area contributed by atoms with Gasteiger partial charge >= 0.3 is 0 Å². The largest absolute Gasteiger partial charge is 0.491 e. The molecule has 1 atom stereocenters. The highest BCUT2D eigenvalue weighted by molar-refractivity contribution is 5.28. The van der Waals surface area contributed by atoms with Crippen LogP contribution in [0.15, 0.2) is 24.3 Å². The number of benzene rings is 1. The van der Waals surface area contributed by atoms with Gasteiger partial charge in [-0.15, -0.1) is 0 Å². The minimum atomic E-state index is -0.522. The number of rotatable bonds is 6.